The van der Waals surface area contributed by atoms with E-state index in [2.05, 4.69) is 67.6 Å². The predicted octanol–water partition coefficient (Wildman–Crippen LogP) is 5.38. The molecule has 0 bridgehead atoms. The summed E-state index contributed by atoms with van der Waals surface area (Å²) >= 11 is 0. The fourth-order valence-electron chi connectivity index (χ4n) is 5.77. The van der Waals surface area contributed by atoms with E-state index in [4.69, 9.17) is 0 Å². The van der Waals surface area contributed by atoms with Gasteiger partial charge < -0.3 is 4.98 Å². The summed E-state index contributed by atoms with van der Waals surface area (Å²) < 4.78 is 1.98. The lowest BCUT2D eigenvalue weighted by Gasteiger charge is -2.32. The summed E-state index contributed by atoms with van der Waals surface area (Å²) in [6.07, 6.45) is 8.99. The van der Waals surface area contributed by atoms with Crippen LogP contribution in [-0.2, 0) is 19.5 Å². The quantitative estimate of drug-likeness (QED) is 0.281. The van der Waals surface area contributed by atoms with Gasteiger partial charge in [-0.15, -0.1) is 5.10 Å². The zero-order valence-electron chi connectivity index (χ0n) is 22.2. The Bertz CT molecular complexity index is 1550. The van der Waals surface area contributed by atoms with Crippen LogP contribution in [-0.4, -0.2) is 35.1 Å². The number of nitrogens with one attached hydrogen (secondary N) is 1. The van der Waals surface area contributed by atoms with Crippen molar-refractivity contribution in [2.24, 2.45) is 0 Å². The van der Waals surface area contributed by atoms with Crippen molar-refractivity contribution >= 4 is 10.9 Å². The molecular weight excluding hydrogens is 486 g/mol. The van der Waals surface area contributed by atoms with Gasteiger partial charge in [-0.25, -0.2) is 4.68 Å². The van der Waals surface area contributed by atoms with Gasteiger partial charge in [0.2, 0.25) is 0 Å². The smallest absolute Gasteiger partial charge is 0.253 e. The van der Waals surface area contributed by atoms with E-state index in [-0.39, 0.29) is 11.6 Å². The molecule has 0 saturated heterocycles. The van der Waals surface area contributed by atoms with Gasteiger partial charge in [-0.05, 0) is 76.0 Å². The van der Waals surface area contributed by atoms with Gasteiger partial charge in [0, 0.05) is 36.6 Å². The highest BCUT2D eigenvalue weighted by atomic mass is 16.1. The highest BCUT2D eigenvalue weighted by Gasteiger charge is 2.33. The fourth-order valence-corrected chi connectivity index (χ4v) is 5.77. The molecule has 0 spiro atoms. The first-order valence-corrected chi connectivity index (χ1v) is 13.8. The van der Waals surface area contributed by atoms with Crippen molar-refractivity contribution in [3.05, 3.63) is 118 Å². The van der Waals surface area contributed by atoms with Gasteiger partial charge in [-0.3, -0.25) is 14.7 Å². The van der Waals surface area contributed by atoms with Crippen molar-refractivity contribution in [2.45, 2.75) is 64.2 Å². The fraction of sp³-hybridized carbons (Fsp3) is 0.323. The minimum atomic E-state index is -0.459. The van der Waals surface area contributed by atoms with Gasteiger partial charge in [0.25, 0.3) is 5.56 Å². The van der Waals surface area contributed by atoms with Crippen LogP contribution in [0.3, 0.4) is 0 Å². The van der Waals surface area contributed by atoms with Gasteiger partial charge in [0.1, 0.15) is 6.04 Å². The average Bonchev–Trinajstić information content (AvgIpc) is 3.67. The summed E-state index contributed by atoms with van der Waals surface area (Å²) in [7, 11) is 0. The van der Waals surface area contributed by atoms with Crippen LogP contribution in [0.2, 0.25) is 0 Å². The second-order valence-corrected chi connectivity index (χ2v) is 10.4. The molecule has 8 nitrogen and oxygen atoms in total. The molecule has 1 saturated carbocycles. The summed E-state index contributed by atoms with van der Waals surface area (Å²) in [6, 6.07) is 22.4. The standard InChI is InChI=1S/C31H33N7O/c1-2-22-14-15-28-25(17-22)18-27(31(39)33-28)29(30-34-35-36-38(30)26-12-6-7-13-26)37(20-23-9-4-3-5-10-23)21-24-11-8-16-32-19-24/h3-5,8-11,14-19,26,29H,2,6-7,12-13,20-21H2,1H3,(H,33,39). The first kappa shape index (κ1) is 25.1. The molecule has 198 valence electrons. The van der Waals surface area contributed by atoms with Crippen LogP contribution in [0.1, 0.15) is 72.8 Å². The van der Waals surface area contributed by atoms with Crippen molar-refractivity contribution in [3.63, 3.8) is 0 Å². The van der Waals surface area contributed by atoms with Gasteiger partial charge >= 0.3 is 0 Å². The number of hydrogen-bond acceptors (Lipinski definition) is 6. The molecule has 5 aromatic rings. The molecule has 8 heteroatoms. The second kappa shape index (κ2) is 11.3. The largest absolute Gasteiger partial charge is 0.322 e. The van der Waals surface area contributed by atoms with Crippen LogP contribution >= 0.6 is 0 Å². The molecule has 1 fully saturated rings. The molecule has 1 unspecified atom stereocenters. The summed E-state index contributed by atoms with van der Waals surface area (Å²) in [6.45, 7) is 3.34. The normalized spacial score (nSPS) is 14.8. The Hall–Kier alpha value is -4.17. The van der Waals surface area contributed by atoms with E-state index in [0.29, 0.717) is 24.5 Å². The molecule has 2 aromatic carbocycles. The van der Waals surface area contributed by atoms with Crippen LogP contribution < -0.4 is 5.56 Å². The van der Waals surface area contributed by atoms with Crippen molar-refractivity contribution in [3.8, 4) is 0 Å². The Kier molecular flexibility index (Phi) is 7.27. The molecule has 0 amide bonds. The molecule has 3 heterocycles. The van der Waals surface area contributed by atoms with Crippen LogP contribution in [0.5, 0.6) is 0 Å². The molecule has 1 aliphatic carbocycles. The third-order valence-corrected chi connectivity index (χ3v) is 7.78. The van der Waals surface area contributed by atoms with Crippen molar-refractivity contribution in [1.29, 1.82) is 0 Å². The number of aromatic amines is 1. The monoisotopic (exact) mass is 519 g/mol. The first-order chi connectivity index (χ1) is 19.2. The number of benzene rings is 2. The molecule has 3 aromatic heterocycles. The van der Waals surface area contributed by atoms with Crippen molar-refractivity contribution < 1.29 is 0 Å². The molecule has 0 aliphatic heterocycles. The lowest BCUT2D eigenvalue weighted by Crippen LogP contribution is -2.35. The first-order valence-electron chi connectivity index (χ1n) is 13.8. The average molecular weight is 520 g/mol. The number of hydrogen-bond donors (Lipinski definition) is 1. The number of aryl methyl sites for hydroxylation is 1. The molecule has 39 heavy (non-hydrogen) atoms. The van der Waals surface area contributed by atoms with Crippen molar-refractivity contribution in [2.75, 3.05) is 0 Å². The van der Waals surface area contributed by atoms with E-state index in [1.807, 2.05) is 47.3 Å². The Balaban J connectivity index is 1.54. The van der Waals surface area contributed by atoms with Crippen LogP contribution in [0.4, 0.5) is 0 Å². The van der Waals surface area contributed by atoms with E-state index in [9.17, 15) is 4.79 Å². The highest BCUT2D eigenvalue weighted by molar-refractivity contribution is 5.80. The second-order valence-electron chi connectivity index (χ2n) is 10.4. The van der Waals surface area contributed by atoms with Gasteiger partial charge in [-0.1, -0.05) is 62.2 Å². The Morgan fingerprint density at radius 1 is 0.974 bits per heavy atom. The molecule has 1 N–H and O–H groups in total. The lowest BCUT2D eigenvalue weighted by molar-refractivity contribution is 0.190. The topological polar surface area (TPSA) is 92.6 Å². The SMILES string of the molecule is CCc1ccc2[nH]c(=O)c(C(c3nnnn3C3CCCC3)N(Cc3ccccc3)Cc3cccnc3)cc2c1. The van der Waals surface area contributed by atoms with Crippen LogP contribution in [0.25, 0.3) is 10.9 Å². The number of H-pyrrole nitrogens is 1. The van der Waals surface area contributed by atoms with E-state index in [1.165, 1.54) is 5.56 Å². The lowest BCUT2D eigenvalue weighted by atomic mass is 10.00. The zero-order valence-corrected chi connectivity index (χ0v) is 22.2. The number of aromatic nitrogens is 6. The minimum absolute atomic E-state index is 0.123. The summed E-state index contributed by atoms with van der Waals surface area (Å²) in [5, 5.41) is 14.2. The minimum Gasteiger partial charge on any atom is -0.322 e. The van der Waals surface area contributed by atoms with Gasteiger partial charge in [0.05, 0.1) is 6.04 Å². The van der Waals surface area contributed by atoms with E-state index >= 15 is 0 Å². The van der Waals surface area contributed by atoms with Crippen LogP contribution in [0, 0.1) is 0 Å². The van der Waals surface area contributed by atoms with Crippen molar-refractivity contribution in [1.82, 2.24) is 35.1 Å². The van der Waals surface area contributed by atoms with Gasteiger partial charge in [0.15, 0.2) is 5.82 Å². The maximum atomic E-state index is 13.8. The number of fused-ring (bicyclic) bond motifs is 1. The Morgan fingerprint density at radius 3 is 2.54 bits per heavy atom. The summed E-state index contributed by atoms with van der Waals surface area (Å²) in [5.74, 6) is 0.707. The zero-order chi connectivity index (χ0) is 26.6. The Labute approximate surface area is 227 Å². The predicted molar refractivity (Wildman–Crippen MR) is 151 cm³/mol. The molecule has 1 aliphatic rings. The summed E-state index contributed by atoms with van der Waals surface area (Å²) in [4.78, 5) is 23.6. The van der Waals surface area contributed by atoms with Gasteiger partial charge in [-0.2, -0.15) is 0 Å². The Morgan fingerprint density at radius 2 is 1.77 bits per heavy atom. The highest BCUT2D eigenvalue weighted by Crippen LogP contribution is 2.35. The summed E-state index contributed by atoms with van der Waals surface area (Å²) in [5.41, 5.74) is 4.79. The molecule has 6 rings (SSSR count). The van der Waals surface area contributed by atoms with Crippen LogP contribution in [0.15, 0.2) is 83.9 Å². The number of nitrogens with zero attached hydrogens (tertiary/aromatic N) is 6. The molecular formula is C31H33N7O. The number of pyridine rings is 2. The van der Waals surface area contributed by atoms with E-state index in [0.717, 1.165) is 54.1 Å². The van der Waals surface area contributed by atoms with E-state index < -0.39 is 6.04 Å². The number of rotatable bonds is 9. The molecule has 0 radical (unpaired) electrons. The third-order valence-electron chi connectivity index (χ3n) is 7.78. The maximum Gasteiger partial charge on any atom is 0.253 e. The van der Waals surface area contributed by atoms with E-state index in [1.54, 1.807) is 6.20 Å². The maximum absolute atomic E-state index is 13.8. The third kappa shape index (κ3) is 5.38. The molecule has 1 atom stereocenters. The number of tetrazole rings is 1.